The van der Waals surface area contributed by atoms with Crippen molar-refractivity contribution in [1.29, 1.82) is 0 Å². The molecule has 1 atom stereocenters. The minimum absolute atomic E-state index is 0.398. The SMILES string of the molecule is C=CCc1nc(-c2ccccc2)oc1C.Cc1oc(-c2ccccc2)nc1CC#Cc1ccc(CC(C(=O)O)c2cccnc2)cc1. The fraction of sp³-hybridized carbons (Fsp3) is 0.150. The van der Waals surface area contributed by atoms with Crippen molar-refractivity contribution in [3.63, 3.8) is 0 Å². The second-order valence-electron chi connectivity index (χ2n) is 10.8. The van der Waals surface area contributed by atoms with Crippen molar-refractivity contribution in [2.45, 2.75) is 39.0 Å². The molecule has 0 bridgehead atoms. The topological polar surface area (TPSA) is 102 Å². The Morgan fingerprint density at radius 1 is 0.830 bits per heavy atom. The molecule has 47 heavy (non-hydrogen) atoms. The quantitative estimate of drug-likeness (QED) is 0.128. The number of aliphatic carboxylic acids is 1. The molecule has 3 aromatic carbocycles. The van der Waals surface area contributed by atoms with Crippen molar-refractivity contribution in [3.05, 3.63) is 162 Å². The van der Waals surface area contributed by atoms with Gasteiger partial charge in [-0.1, -0.05) is 72.5 Å². The summed E-state index contributed by atoms with van der Waals surface area (Å²) in [7, 11) is 0. The number of carboxylic acids is 1. The van der Waals surface area contributed by atoms with E-state index in [1.807, 2.05) is 105 Å². The van der Waals surface area contributed by atoms with Crippen LogP contribution in [0.15, 0.2) is 131 Å². The van der Waals surface area contributed by atoms with E-state index in [4.69, 9.17) is 8.83 Å². The first-order valence-corrected chi connectivity index (χ1v) is 15.3. The summed E-state index contributed by atoms with van der Waals surface area (Å²) < 4.78 is 11.4. The van der Waals surface area contributed by atoms with E-state index in [2.05, 4.69) is 33.4 Å². The highest BCUT2D eigenvalue weighted by atomic mass is 16.4. The highest BCUT2D eigenvalue weighted by Crippen LogP contribution is 2.23. The third-order valence-corrected chi connectivity index (χ3v) is 7.43. The van der Waals surface area contributed by atoms with Crippen LogP contribution in [0.1, 0.15) is 45.5 Å². The molecule has 0 radical (unpaired) electrons. The largest absolute Gasteiger partial charge is 0.481 e. The number of pyridine rings is 1. The van der Waals surface area contributed by atoms with Gasteiger partial charge in [0.2, 0.25) is 11.8 Å². The minimum atomic E-state index is -0.861. The first-order chi connectivity index (χ1) is 22.9. The maximum atomic E-state index is 11.7. The van der Waals surface area contributed by atoms with Gasteiger partial charge in [0.25, 0.3) is 0 Å². The number of aryl methyl sites for hydroxylation is 2. The highest BCUT2D eigenvalue weighted by molar-refractivity contribution is 5.76. The van der Waals surface area contributed by atoms with Crippen molar-refractivity contribution in [2.24, 2.45) is 0 Å². The standard InChI is InChI=1S/C27H22N2O3.C13H13NO/c1-19-25(29-26(32-19)22-8-3-2-4-9-22)11-5-7-20-12-14-21(15-13-20)17-24(27(30)31)23-10-6-16-28-18-23;1-3-7-12-10(2)15-13(14-12)11-8-5-4-6-9-11/h2-4,6,8-10,12-16,18,24H,11,17H2,1H3,(H,30,31);3-6,8-9H,1,7H2,2H3. The van der Waals surface area contributed by atoms with Crippen LogP contribution in [0.4, 0.5) is 0 Å². The molecule has 0 amide bonds. The predicted molar refractivity (Wildman–Crippen MR) is 183 cm³/mol. The van der Waals surface area contributed by atoms with Gasteiger partial charge in [-0.25, -0.2) is 9.97 Å². The number of allylic oxidation sites excluding steroid dienone is 1. The molecule has 3 aromatic heterocycles. The zero-order chi connectivity index (χ0) is 33.0. The average molecular weight is 622 g/mol. The zero-order valence-corrected chi connectivity index (χ0v) is 26.4. The molecular formula is C40H35N3O4. The van der Waals surface area contributed by atoms with Crippen LogP contribution >= 0.6 is 0 Å². The van der Waals surface area contributed by atoms with Gasteiger partial charge in [-0.15, -0.1) is 6.58 Å². The average Bonchev–Trinajstić information content (AvgIpc) is 3.67. The van der Waals surface area contributed by atoms with Gasteiger partial charge in [0, 0.05) is 35.5 Å². The Labute approximate surface area is 274 Å². The lowest BCUT2D eigenvalue weighted by atomic mass is 9.93. The van der Waals surface area contributed by atoms with E-state index in [0.29, 0.717) is 30.2 Å². The summed E-state index contributed by atoms with van der Waals surface area (Å²) in [6.45, 7) is 7.52. The van der Waals surface area contributed by atoms with Gasteiger partial charge in [-0.05, 0) is 73.9 Å². The summed E-state index contributed by atoms with van der Waals surface area (Å²) in [4.78, 5) is 24.7. The van der Waals surface area contributed by atoms with Crippen molar-refractivity contribution >= 4 is 5.97 Å². The molecule has 6 aromatic rings. The van der Waals surface area contributed by atoms with Crippen LogP contribution in [0.3, 0.4) is 0 Å². The predicted octanol–water partition coefficient (Wildman–Crippen LogP) is 8.43. The highest BCUT2D eigenvalue weighted by Gasteiger charge is 2.20. The molecule has 1 N–H and O–H groups in total. The first-order valence-electron chi connectivity index (χ1n) is 15.3. The molecule has 234 valence electrons. The molecular weight excluding hydrogens is 586 g/mol. The van der Waals surface area contributed by atoms with Crippen molar-refractivity contribution in [1.82, 2.24) is 15.0 Å². The summed E-state index contributed by atoms with van der Waals surface area (Å²) in [6, 6.07) is 30.9. The van der Waals surface area contributed by atoms with E-state index in [1.54, 1.807) is 24.5 Å². The molecule has 6 rings (SSSR count). The van der Waals surface area contributed by atoms with E-state index >= 15 is 0 Å². The smallest absolute Gasteiger partial charge is 0.311 e. The van der Waals surface area contributed by atoms with E-state index in [0.717, 1.165) is 51.6 Å². The number of carbonyl (C=O) groups is 1. The van der Waals surface area contributed by atoms with E-state index in [-0.39, 0.29) is 0 Å². The van der Waals surface area contributed by atoms with Crippen LogP contribution < -0.4 is 0 Å². The third kappa shape index (κ3) is 8.80. The molecule has 3 heterocycles. The fourth-order valence-electron chi connectivity index (χ4n) is 4.87. The summed E-state index contributed by atoms with van der Waals surface area (Å²) >= 11 is 0. The van der Waals surface area contributed by atoms with Gasteiger partial charge in [0.15, 0.2) is 0 Å². The molecule has 0 aliphatic carbocycles. The molecule has 0 fully saturated rings. The molecule has 0 saturated carbocycles. The first kappa shape index (κ1) is 32.4. The maximum absolute atomic E-state index is 11.7. The molecule has 0 saturated heterocycles. The van der Waals surface area contributed by atoms with Crippen LogP contribution in [0, 0.1) is 25.7 Å². The van der Waals surface area contributed by atoms with Crippen LogP contribution in [0.25, 0.3) is 22.9 Å². The summed E-state index contributed by atoms with van der Waals surface area (Å²) in [5.74, 6) is 7.73. The lowest BCUT2D eigenvalue weighted by Crippen LogP contribution is -2.14. The van der Waals surface area contributed by atoms with Gasteiger partial charge in [-0.2, -0.15) is 0 Å². The summed E-state index contributed by atoms with van der Waals surface area (Å²) in [5, 5.41) is 9.60. The summed E-state index contributed by atoms with van der Waals surface area (Å²) in [6.07, 6.45) is 6.72. The van der Waals surface area contributed by atoms with E-state index < -0.39 is 11.9 Å². The second kappa shape index (κ2) is 15.8. The normalized spacial score (nSPS) is 11.0. The second-order valence-corrected chi connectivity index (χ2v) is 10.8. The number of hydrogen-bond donors (Lipinski definition) is 1. The Bertz CT molecular complexity index is 1970. The molecule has 7 nitrogen and oxygen atoms in total. The van der Waals surface area contributed by atoms with Crippen LogP contribution in [0.2, 0.25) is 0 Å². The number of aromatic nitrogens is 3. The molecule has 7 heteroatoms. The number of hydrogen-bond acceptors (Lipinski definition) is 6. The Hall–Kier alpha value is -6.00. The van der Waals surface area contributed by atoms with Gasteiger partial charge in [0.05, 0.1) is 23.7 Å². The van der Waals surface area contributed by atoms with Crippen LogP contribution in [-0.2, 0) is 24.1 Å². The molecule has 0 aliphatic heterocycles. The van der Waals surface area contributed by atoms with Crippen LogP contribution in [0.5, 0.6) is 0 Å². The monoisotopic (exact) mass is 621 g/mol. The van der Waals surface area contributed by atoms with Gasteiger partial charge in [0.1, 0.15) is 11.5 Å². The number of rotatable bonds is 9. The zero-order valence-electron chi connectivity index (χ0n) is 26.4. The number of nitrogens with zero attached hydrogens (tertiary/aromatic N) is 3. The van der Waals surface area contributed by atoms with Gasteiger partial charge < -0.3 is 13.9 Å². The minimum Gasteiger partial charge on any atom is -0.481 e. The number of carboxylic acid groups (broad SMARTS) is 1. The van der Waals surface area contributed by atoms with E-state index in [1.165, 1.54) is 0 Å². The van der Waals surface area contributed by atoms with Gasteiger partial charge in [-0.3, -0.25) is 9.78 Å². The van der Waals surface area contributed by atoms with Crippen molar-refractivity contribution in [3.8, 4) is 34.7 Å². The molecule has 1 unspecified atom stereocenters. The maximum Gasteiger partial charge on any atom is 0.311 e. The van der Waals surface area contributed by atoms with Gasteiger partial charge >= 0.3 is 5.97 Å². The third-order valence-electron chi connectivity index (χ3n) is 7.43. The van der Waals surface area contributed by atoms with Crippen molar-refractivity contribution in [2.75, 3.05) is 0 Å². The lowest BCUT2D eigenvalue weighted by molar-refractivity contribution is -0.138. The Balaban J connectivity index is 0.000000241. The Kier molecular flexibility index (Phi) is 10.9. The Morgan fingerprint density at radius 3 is 1.98 bits per heavy atom. The number of benzene rings is 3. The number of oxazole rings is 2. The summed E-state index contributed by atoms with van der Waals surface area (Å²) in [5.41, 5.74) is 6.24. The molecule has 0 aliphatic rings. The Morgan fingerprint density at radius 2 is 1.43 bits per heavy atom. The van der Waals surface area contributed by atoms with Crippen molar-refractivity contribution < 1.29 is 18.7 Å². The fourth-order valence-corrected chi connectivity index (χ4v) is 4.87. The lowest BCUT2D eigenvalue weighted by Gasteiger charge is -2.12. The van der Waals surface area contributed by atoms with E-state index in [9.17, 15) is 9.90 Å². The molecule has 0 spiro atoms. The van der Waals surface area contributed by atoms with Crippen LogP contribution in [-0.4, -0.2) is 26.0 Å².